The summed E-state index contributed by atoms with van der Waals surface area (Å²) < 4.78 is 30.6. The lowest BCUT2D eigenvalue weighted by molar-refractivity contribution is -0.137. The zero-order chi connectivity index (χ0) is 27.2. The van der Waals surface area contributed by atoms with Crippen molar-refractivity contribution in [3.8, 4) is 0 Å². The molecule has 8 nitrogen and oxygen atoms in total. The zero-order valence-electron chi connectivity index (χ0n) is 21.6. The Morgan fingerprint density at radius 3 is 2.33 bits per heavy atom. The summed E-state index contributed by atoms with van der Waals surface area (Å²) in [5.41, 5.74) is 3.25. The number of hydrogen-bond donors (Lipinski definition) is 1. The van der Waals surface area contributed by atoms with Gasteiger partial charge < -0.3 is 14.6 Å². The van der Waals surface area contributed by atoms with E-state index in [1.165, 1.54) is 35.3 Å². The van der Waals surface area contributed by atoms with E-state index in [4.69, 9.17) is 0 Å². The average Bonchev–Trinajstić information content (AvgIpc) is 3.30. The fourth-order valence-electron chi connectivity index (χ4n) is 4.91. The van der Waals surface area contributed by atoms with Crippen molar-refractivity contribution in [2.75, 3.05) is 34.6 Å². The lowest BCUT2D eigenvalue weighted by Crippen LogP contribution is -2.32. The van der Waals surface area contributed by atoms with E-state index >= 15 is 0 Å². The number of piperidine rings is 1. The number of thioether (sulfide) groups is 1. The number of sulfonamides is 1. The van der Waals surface area contributed by atoms with Gasteiger partial charge in [-0.25, -0.2) is 13.4 Å². The zero-order valence-corrected chi connectivity index (χ0v) is 23.3. The molecular formula is C29H32N4O4S2. The van der Waals surface area contributed by atoms with Crippen molar-refractivity contribution in [3.63, 3.8) is 0 Å². The summed E-state index contributed by atoms with van der Waals surface area (Å²) in [5.74, 6) is -0.358. The molecule has 1 aliphatic heterocycles. The number of nitrogens with zero attached hydrogens (tertiary/aromatic N) is 4. The van der Waals surface area contributed by atoms with Crippen molar-refractivity contribution in [2.45, 2.75) is 42.3 Å². The van der Waals surface area contributed by atoms with Gasteiger partial charge in [-0.15, -0.1) is 0 Å². The molecule has 4 aromatic rings. The molecule has 1 fully saturated rings. The molecule has 3 aromatic carbocycles. The number of hydrogen-bond acceptors (Lipinski definition) is 6. The van der Waals surface area contributed by atoms with Crippen LogP contribution in [0.3, 0.4) is 0 Å². The van der Waals surface area contributed by atoms with Crippen LogP contribution in [0.15, 0.2) is 88.9 Å². The molecule has 10 heteroatoms. The van der Waals surface area contributed by atoms with Gasteiger partial charge in [0.05, 0.1) is 21.6 Å². The molecule has 2 heterocycles. The summed E-state index contributed by atoms with van der Waals surface area (Å²) in [6.45, 7) is 2.15. The second-order valence-corrected chi connectivity index (χ2v) is 12.4. The van der Waals surface area contributed by atoms with E-state index < -0.39 is 16.0 Å². The van der Waals surface area contributed by atoms with Gasteiger partial charge in [-0.2, -0.15) is 0 Å². The van der Waals surface area contributed by atoms with Crippen molar-refractivity contribution < 1.29 is 18.3 Å². The Labute approximate surface area is 233 Å². The van der Waals surface area contributed by atoms with Crippen LogP contribution in [0.5, 0.6) is 0 Å². The maximum atomic E-state index is 13.7. The predicted molar refractivity (Wildman–Crippen MR) is 156 cm³/mol. The number of carbonyl (C=O) groups is 1. The van der Waals surface area contributed by atoms with E-state index in [9.17, 15) is 18.3 Å². The van der Waals surface area contributed by atoms with Crippen LogP contribution in [0, 0.1) is 0 Å². The number of fused-ring (bicyclic) bond motifs is 1. The summed E-state index contributed by atoms with van der Waals surface area (Å²) in [5, 5.41) is 10.0. The number of carboxylic acids is 1. The average molecular weight is 565 g/mol. The molecule has 1 N–H and O–H groups in total. The van der Waals surface area contributed by atoms with Crippen LogP contribution in [0.4, 0.5) is 11.4 Å². The van der Waals surface area contributed by atoms with Crippen molar-refractivity contribution in [1.29, 1.82) is 0 Å². The van der Waals surface area contributed by atoms with Crippen LogP contribution in [0.25, 0.3) is 11.0 Å². The number of rotatable bonds is 11. The first-order chi connectivity index (χ1) is 18.9. The van der Waals surface area contributed by atoms with Gasteiger partial charge in [0.25, 0.3) is 10.0 Å². The first-order valence-electron chi connectivity index (χ1n) is 13.2. The molecule has 0 saturated carbocycles. The minimum atomic E-state index is -3.77. The summed E-state index contributed by atoms with van der Waals surface area (Å²) >= 11 is 1.44. The van der Waals surface area contributed by atoms with Gasteiger partial charge >= 0.3 is 5.97 Å². The Morgan fingerprint density at radius 2 is 1.62 bits per heavy atom. The number of anilines is 2. The molecule has 0 amide bonds. The molecule has 204 valence electrons. The lowest BCUT2D eigenvalue weighted by atomic mass is 10.1. The van der Waals surface area contributed by atoms with Crippen LogP contribution in [-0.4, -0.2) is 54.4 Å². The first kappa shape index (κ1) is 27.1. The van der Waals surface area contributed by atoms with Gasteiger partial charge in [-0.3, -0.25) is 9.10 Å². The third-order valence-corrected chi connectivity index (χ3v) is 9.74. The van der Waals surface area contributed by atoms with Crippen molar-refractivity contribution >= 4 is 50.2 Å². The van der Waals surface area contributed by atoms with Crippen LogP contribution in [0.2, 0.25) is 0 Å². The standard InChI is InChI=1S/C29H32N4O4S2/c34-28(35)22-32-27-13-6-5-12-26(27)30-29(32)38-21-9-20-33(39(36,37)25-10-3-1-4-11-25)24-16-14-23(15-17-24)31-18-7-2-8-19-31/h1,3-6,10-17H,2,7-9,18-22H2,(H,34,35). The monoisotopic (exact) mass is 564 g/mol. The minimum Gasteiger partial charge on any atom is -0.480 e. The number of imidazole rings is 1. The topological polar surface area (TPSA) is 95.7 Å². The summed E-state index contributed by atoms with van der Waals surface area (Å²) in [6.07, 6.45) is 4.16. The maximum absolute atomic E-state index is 13.7. The van der Waals surface area contributed by atoms with Gasteiger partial charge in [0.15, 0.2) is 5.16 Å². The largest absolute Gasteiger partial charge is 0.480 e. The molecule has 39 heavy (non-hydrogen) atoms. The Morgan fingerprint density at radius 1 is 0.923 bits per heavy atom. The van der Waals surface area contributed by atoms with Gasteiger partial charge in [-0.05, 0) is 74.2 Å². The third-order valence-electron chi connectivity index (χ3n) is 6.84. The van der Waals surface area contributed by atoms with E-state index in [1.54, 1.807) is 34.9 Å². The Hall–Kier alpha value is -3.50. The maximum Gasteiger partial charge on any atom is 0.323 e. The molecule has 0 radical (unpaired) electrons. The van der Waals surface area contributed by atoms with E-state index in [-0.39, 0.29) is 18.0 Å². The van der Waals surface area contributed by atoms with Crippen molar-refractivity contribution in [1.82, 2.24) is 9.55 Å². The van der Waals surface area contributed by atoms with Crippen LogP contribution in [-0.2, 0) is 21.4 Å². The predicted octanol–water partition coefficient (Wildman–Crippen LogP) is 5.49. The quantitative estimate of drug-likeness (QED) is 0.190. The number of aliphatic carboxylic acids is 1. The van der Waals surface area contributed by atoms with Crippen molar-refractivity contribution in [2.24, 2.45) is 0 Å². The molecule has 1 saturated heterocycles. The molecule has 0 aliphatic carbocycles. The molecular weight excluding hydrogens is 532 g/mol. The Kier molecular flexibility index (Phi) is 8.42. The number of aromatic nitrogens is 2. The fraction of sp³-hybridized carbons (Fsp3) is 0.310. The van der Waals surface area contributed by atoms with Crippen molar-refractivity contribution in [3.05, 3.63) is 78.9 Å². The first-order valence-corrected chi connectivity index (χ1v) is 15.6. The van der Waals surface area contributed by atoms with Gasteiger partial charge in [0.1, 0.15) is 6.54 Å². The molecule has 0 atom stereocenters. The Balaban J connectivity index is 1.34. The SMILES string of the molecule is O=C(O)Cn1c(SCCCN(c2ccc(N3CCCCC3)cc2)S(=O)(=O)c2ccccc2)nc2ccccc21. The van der Waals surface area contributed by atoms with E-state index in [0.717, 1.165) is 29.8 Å². The van der Waals surface area contributed by atoms with E-state index in [1.807, 2.05) is 48.5 Å². The highest BCUT2D eigenvalue weighted by Gasteiger charge is 2.25. The molecule has 0 unspecified atom stereocenters. The molecule has 1 aromatic heterocycles. The fourth-order valence-corrected chi connectivity index (χ4v) is 7.37. The minimum absolute atomic E-state index is 0.180. The normalized spacial score (nSPS) is 14.0. The second-order valence-electron chi connectivity index (χ2n) is 9.52. The van der Waals surface area contributed by atoms with Crippen LogP contribution >= 0.6 is 11.8 Å². The highest BCUT2D eigenvalue weighted by atomic mass is 32.2. The molecule has 1 aliphatic rings. The van der Waals surface area contributed by atoms with Gasteiger partial charge in [0, 0.05) is 31.1 Å². The van der Waals surface area contributed by atoms with Crippen LogP contribution in [0.1, 0.15) is 25.7 Å². The summed E-state index contributed by atoms with van der Waals surface area (Å²) in [6, 6.07) is 23.8. The number of para-hydroxylation sites is 2. The van der Waals surface area contributed by atoms with Gasteiger partial charge in [0.2, 0.25) is 0 Å². The van der Waals surface area contributed by atoms with E-state index in [0.29, 0.717) is 23.0 Å². The molecule has 0 bridgehead atoms. The summed E-state index contributed by atoms with van der Waals surface area (Å²) in [4.78, 5) is 18.7. The van der Waals surface area contributed by atoms with Crippen LogP contribution < -0.4 is 9.21 Å². The van der Waals surface area contributed by atoms with Gasteiger partial charge in [-0.1, -0.05) is 42.1 Å². The summed E-state index contributed by atoms with van der Waals surface area (Å²) in [7, 11) is -3.77. The third kappa shape index (κ3) is 6.23. The highest BCUT2D eigenvalue weighted by Crippen LogP contribution is 2.29. The molecule has 0 spiro atoms. The molecule has 5 rings (SSSR count). The lowest BCUT2D eigenvalue weighted by Gasteiger charge is -2.30. The number of carboxylic acid groups (broad SMARTS) is 1. The second kappa shape index (κ2) is 12.1. The Bertz CT molecular complexity index is 1520. The number of benzene rings is 3. The van der Waals surface area contributed by atoms with E-state index in [2.05, 4.69) is 9.88 Å². The smallest absolute Gasteiger partial charge is 0.323 e. The highest BCUT2D eigenvalue weighted by molar-refractivity contribution is 7.99.